The quantitative estimate of drug-likeness (QED) is 0.513. The van der Waals surface area contributed by atoms with E-state index in [2.05, 4.69) is 20.6 Å². The summed E-state index contributed by atoms with van der Waals surface area (Å²) in [5, 5.41) is 11.1. The molecule has 2 aromatic carbocycles. The lowest BCUT2D eigenvalue weighted by atomic mass is 10.1. The van der Waals surface area contributed by atoms with Crippen LogP contribution in [0.25, 0.3) is 0 Å². The first kappa shape index (κ1) is 24.8. The number of rotatable bonds is 5. The van der Waals surface area contributed by atoms with Crippen LogP contribution in [0.5, 0.6) is 0 Å². The molecule has 198 valence electrons. The number of carbonyl (C=O) groups is 2. The van der Waals surface area contributed by atoms with Crippen LogP contribution in [-0.2, 0) is 20.1 Å². The molecule has 3 aliphatic rings. The molecule has 1 aliphatic carbocycles. The highest BCUT2D eigenvalue weighted by molar-refractivity contribution is 6.34. The van der Waals surface area contributed by atoms with Gasteiger partial charge in [-0.15, -0.1) is 0 Å². The first-order valence-corrected chi connectivity index (χ1v) is 13.6. The van der Waals surface area contributed by atoms with Gasteiger partial charge in [0, 0.05) is 51.9 Å². The van der Waals surface area contributed by atoms with Crippen LogP contribution in [0.15, 0.2) is 48.7 Å². The molecule has 1 aromatic heterocycles. The summed E-state index contributed by atoms with van der Waals surface area (Å²) in [7, 11) is 1.87. The Balaban J connectivity index is 1.12. The normalized spacial score (nSPS) is 17.3. The molecule has 3 heterocycles. The zero-order chi connectivity index (χ0) is 26.2. The van der Waals surface area contributed by atoms with Crippen LogP contribution < -0.4 is 15.5 Å². The van der Waals surface area contributed by atoms with E-state index < -0.39 is 0 Å². The number of piperazine rings is 1. The number of aryl methyl sites for hydroxylation is 1. The highest BCUT2D eigenvalue weighted by atomic mass is 35.5. The zero-order valence-corrected chi connectivity index (χ0v) is 22.2. The van der Waals surface area contributed by atoms with E-state index in [1.165, 1.54) is 19.4 Å². The highest BCUT2D eigenvalue weighted by Crippen LogP contribution is 2.37. The van der Waals surface area contributed by atoms with Gasteiger partial charge in [-0.25, -0.2) is 4.79 Å². The fourth-order valence-electron chi connectivity index (χ4n) is 5.21. The van der Waals surface area contributed by atoms with Crippen LogP contribution in [0.4, 0.5) is 22.0 Å². The fraction of sp³-hybridized carbons (Fsp3) is 0.393. The number of halogens is 1. The van der Waals surface area contributed by atoms with E-state index in [0.717, 1.165) is 60.4 Å². The fourth-order valence-corrected chi connectivity index (χ4v) is 5.50. The summed E-state index contributed by atoms with van der Waals surface area (Å²) < 4.78 is 1.77. The number of para-hydroxylation sites is 2. The van der Waals surface area contributed by atoms with Crippen molar-refractivity contribution in [3.05, 3.63) is 70.4 Å². The second kappa shape index (κ2) is 10.3. The lowest BCUT2D eigenvalue weighted by Crippen LogP contribution is -2.51. The number of aromatic nitrogens is 2. The summed E-state index contributed by atoms with van der Waals surface area (Å²) in [5.74, 6) is 1.53. The Kier molecular flexibility index (Phi) is 6.71. The Labute approximate surface area is 227 Å². The summed E-state index contributed by atoms with van der Waals surface area (Å²) in [5.41, 5.74) is 3.78. The Bertz CT molecular complexity index is 1360. The Hall–Kier alpha value is -3.56. The maximum atomic E-state index is 13.7. The minimum Gasteiger partial charge on any atom is -0.338 e. The molecule has 0 radical (unpaired) electrons. The van der Waals surface area contributed by atoms with Gasteiger partial charge in [0.1, 0.15) is 5.82 Å². The second-order valence-electron chi connectivity index (χ2n) is 10.4. The molecule has 9 nitrogen and oxygen atoms in total. The third kappa shape index (κ3) is 5.08. The van der Waals surface area contributed by atoms with Crippen molar-refractivity contribution in [2.24, 2.45) is 13.0 Å². The molecule has 10 heteroatoms. The summed E-state index contributed by atoms with van der Waals surface area (Å²) in [6.45, 7) is 5.25. The van der Waals surface area contributed by atoms with Crippen LogP contribution in [0.2, 0.25) is 5.02 Å². The predicted molar refractivity (Wildman–Crippen MR) is 148 cm³/mol. The van der Waals surface area contributed by atoms with Gasteiger partial charge in [-0.3, -0.25) is 14.4 Å². The van der Waals surface area contributed by atoms with E-state index in [-0.39, 0.29) is 11.9 Å². The van der Waals surface area contributed by atoms with Crippen molar-refractivity contribution < 1.29 is 9.59 Å². The van der Waals surface area contributed by atoms with Gasteiger partial charge in [0.15, 0.2) is 0 Å². The van der Waals surface area contributed by atoms with Gasteiger partial charge in [0.25, 0.3) is 5.91 Å². The number of hydrogen-bond donors (Lipinski definition) is 2. The molecule has 3 amide bonds. The van der Waals surface area contributed by atoms with E-state index in [4.69, 9.17) is 11.6 Å². The molecule has 2 fully saturated rings. The first-order valence-electron chi connectivity index (χ1n) is 13.2. The first-order chi connectivity index (χ1) is 18.5. The number of nitrogens with zero attached hydrogens (tertiary/aromatic N) is 5. The van der Waals surface area contributed by atoms with Crippen molar-refractivity contribution in [1.82, 2.24) is 24.9 Å². The molecule has 3 aromatic rings. The van der Waals surface area contributed by atoms with E-state index >= 15 is 0 Å². The summed E-state index contributed by atoms with van der Waals surface area (Å²) in [6.07, 6.45) is 4.47. The summed E-state index contributed by atoms with van der Waals surface area (Å²) in [4.78, 5) is 32.5. The van der Waals surface area contributed by atoms with Crippen LogP contribution in [0, 0.1) is 5.92 Å². The molecular weight excluding hydrogens is 502 g/mol. The van der Waals surface area contributed by atoms with Crippen molar-refractivity contribution in [3.8, 4) is 0 Å². The van der Waals surface area contributed by atoms with E-state index in [9.17, 15) is 9.59 Å². The SMILES string of the molecule is Cn1ncc2c1Nc1ccccc1N(C(=O)c1ccc(CNC(=O)N3CCN(CC4CC4)CC3)cc1Cl)C2. The zero-order valence-electron chi connectivity index (χ0n) is 21.5. The molecule has 0 spiro atoms. The number of anilines is 3. The molecule has 0 atom stereocenters. The van der Waals surface area contributed by atoms with Crippen molar-refractivity contribution in [2.75, 3.05) is 42.9 Å². The number of amides is 3. The number of urea groups is 1. The van der Waals surface area contributed by atoms with Gasteiger partial charge in [-0.2, -0.15) is 5.10 Å². The van der Waals surface area contributed by atoms with Crippen LogP contribution in [0.1, 0.15) is 34.3 Å². The number of fused-ring (bicyclic) bond motifs is 2. The van der Waals surface area contributed by atoms with Gasteiger partial charge in [0.2, 0.25) is 0 Å². The van der Waals surface area contributed by atoms with E-state index in [1.807, 2.05) is 42.3 Å². The predicted octanol–water partition coefficient (Wildman–Crippen LogP) is 4.21. The highest BCUT2D eigenvalue weighted by Gasteiger charge is 2.29. The van der Waals surface area contributed by atoms with Gasteiger partial charge >= 0.3 is 6.03 Å². The molecule has 0 unspecified atom stereocenters. The largest absolute Gasteiger partial charge is 0.338 e. The monoisotopic (exact) mass is 533 g/mol. The summed E-state index contributed by atoms with van der Waals surface area (Å²) in [6, 6.07) is 13.0. The van der Waals surface area contributed by atoms with Crippen molar-refractivity contribution in [2.45, 2.75) is 25.9 Å². The third-order valence-corrected chi connectivity index (χ3v) is 7.93. The van der Waals surface area contributed by atoms with Gasteiger partial charge < -0.3 is 20.4 Å². The second-order valence-corrected chi connectivity index (χ2v) is 10.8. The molecule has 2 aliphatic heterocycles. The lowest BCUT2D eigenvalue weighted by Gasteiger charge is -2.34. The Morgan fingerprint density at radius 1 is 1.11 bits per heavy atom. The lowest BCUT2D eigenvalue weighted by molar-refractivity contribution is 0.0985. The van der Waals surface area contributed by atoms with Crippen molar-refractivity contribution in [1.29, 1.82) is 0 Å². The number of hydrogen-bond acceptors (Lipinski definition) is 5. The standard InChI is InChI=1S/C28H32ClN7O2/c1-33-26-21(16-31-33)18-36(25-5-3-2-4-24(25)32-26)27(37)22-9-8-20(14-23(22)29)15-30-28(38)35-12-10-34(11-13-35)17-19-6-7-19/h2-5,8-9,14,16,19,32H,6-7,10-13,15,17-18H2,1H3,(H,30,38). The molecule has 1 saturated heterocycles. The molecular formula is C28H32ClN7O2. The molecule has 6 rings (SSSR count). The molecule has 0 bridgehead atoms. The summed E-state index contributed by atoms with van der Waals surface area (Å²) >= 11 is 6.63. The van der Waals surface area contributed by atoms with Crippen molar-refractivity contribution in [3.63, 3.8) is 0 Å². The average molecular weight is 534 g/mol. The number of benzene rings is 2. The third-order valence-electron chi connectivity index (χ3n) is 7.62. The minimum absolute atomic E-state index is 0.0618. The van der Waals surface area contributed by atoms with Crippen LogP contribution in [-0.4, -0.2) is 64.2 Å². The van der Waals surface area contributed by atoms with E-state index in [0.29, 0.717) is 23.7 Å². The Morgan fingerprint density at radius 3 is 2.66 bits per heavy atom. The molecule has 1 saturated carbocycles. The maximum absolute atomic E-state index is 13.7. The van der Waals surface area contributed by atoms with Gasteiger partial charge in [-0.05, 0) is 48.6 Å². The van der Waals surface area contributed by atoms with Gasteiger partial charge in [0.05, 0.1) is 34.7 Å². The van der Waals surface area contributed by atoms with Crippen LogP contribution in [0.3, 0.4) is 0 Å². The van der Waals surface area contributed by atoms with Crippen molar-refractivity contribution >= 4 is 40.7 Å². The maximum Gasteiger partial charge on any atom is 0.317 e. The molecule has 38 heavy (non-hydrogen) atoms. The van der Waals surface area contributed by atoms with E-state index in [1.54, 1.807) is 27.9 Å². The van der Waals surface area contributed by atoms with Crippen LogP contribution >= 0.6 is 11.6 Å². The topological polar surface area (TPSA) is 85.7 Å². The molecule has 2 N–H and O–H groups in total. The smallest absolute Gasteiger partial charge is 0.317 e. The Morgan fingerprint density at radius 2 is 1.89 bits per heavy atom. The average Bonchev–Trinajstić information content (AvgIpc) is 3.71. The minimum atomic E-state index is -0.194. The van der Waals surface area contributed by atoms with Gasteiger partial charge in [-0.1, -0.05) is 29.8 Å². The number of carbonyl (C=O) groups excluding carboxylic acids is 2. The number of nitrogens with one attached hydrogen (secondary N) is 2.